The Hall–Kier alpha value is 0.0600. The van der Waals surface area contributed by atoms with E-state index in [-0.39, 0.29) is 0 Å². The fourth-order valence-electron chi connectivity index (χ4n) is 1.04. The first-order valence-electron chi connectivity index (χ1n) is 4.55. The Morgan fingerprint density at radius 1 is 1.12 bits per heavy atom. The highest BCUT2D eigenvalue weighted by Crippen LogP contribution is 2.36. The smallest absolute Gasteiger partial charge is 0.272 e. The minimum atomic E-state index is -0.409. The molecule has 0 radical (unpaired) electrons. The van der Waals surface area contributed by atoms with Crippen LogP contribution in [0.3, 0.4) is 0 Å². The molecule has 0 bridgehead atoms. The summed E-state index contributed by atoms with van der Waals surface area (Å²) in [6, 6.07) is 3.62. The lowest BCUT2D eigenvalue weighted by molar-refractivity contribution is -0.451. The number of nitrogens with zero attached hydrogens (tertiary/aromatic N) is 2. The molecule has 0 spiro atoms. The summed E-state index contributed by atoms with van der Waals surface area (Å²) in [5.41, 5.74) is 0.0615. The molecule has 0 saturated carbocycles. The molecule has 0 saturated heterocycles. The highest BCUT2D eigenvalue weighted by Gasteiger charge is 2.20. The van der Waals surface area contributed by atoms with Crippen molar-refractivity contribution in [2.75, 3.05) is 0 Å². The summed E-state index contributed by atoms with van der Waals surface area (Å²) in [6.07, 6.45) is 0. The van der Waals surface area contributed by atoms with Gasteiger partial charge in [-0.15, -0.1) is 0 Å². The van der Waals surface area contributed by atoms with Crippen LogP contribution in [0.1, 0.15) is 20.8 Å². The molecule has 0 fully saturated rings. The maximum absolute atomic E-state index is 11.9. The van der Waals surface area contributed by atoms with E-state index in [9.17, 15) is 5.21 Å². The summed E-state index contributed by atoms with van der Waals surface area (Å²) in [7, 11) is 0. The molecule has 3 nitrogen and oxygen atoms in total. The molecule has 16 heavy (non-hydrogen) atoms. The maximum Gasteiger partial charge on any atom is 0.272 e. The third-order valence-electron chi connectivity index (χ3n) is 1.56. The van der Waals surface area contributed by atoms with Gasteiger partial charge in [-0.2, -0.15) is 0 Å². The van der Waals surface area contributed by atoms with Crippen molar-refractivity contribution in [3.05, 3.63) is 30.8 Å². The quantitative estimate of drug-likeness (QED) is 0.346. The van der Waals surface area contributed by atoms with Gasteiger partial charge in [0, 0.05) is 4.47 Å². The molecule has 0 aromatic heterocycles. The number of hydrogen-bond acceptors (Lipinski definition) is 2. The van der Waals surface area contributed by atoms with Crippen molar-refractivity contribution in [2.45, 2.75) is 26.3 Å². The first-order chi connectivity index (χ1) is 7.20. The van der Waals surface area contributed by atoms with E-state index in [0.29, 0.717) is 19.5 Å². The predicted molar refractivity (Wildman–Crippen MR) is 75.0 cm³/mol. The van der Waals surface area contributed by atoms with Crippen LogP contribution in [0, 0.1) is 5.21 Å². The van der Waals surface area contributed by atoms with Crippen molar-refractivity contribution >= 4 is 53.5 Å². The van der Waals surface area contributed by atoms with Gasteiger partial charge in [0.15, 0.2) is 0 Å². The van der Waals surface area contributed by atoms with Crippen LogP contribution in [-0.2, 0) is 0 Å². The highest BCUT2D eigenvalue weighted by molar-refractivity contribution is 9.11. The molecule has 0 aliphatic rings. The number of halogens is 3. The monoisotopic (exact) mass is 412 g/mol. The third-order valence-corrected chi connectivity index (χ3v) is 3.23. The Bertz CT molecular complexity index is 415. The molecular weight excluding hydrogens is 404 g/mol. The van der Waals surface area contributed by atoms with Gasteiger partial charge in [-0.25, -0.2) is 0 Å². The second-order valence-corrected chi connectivity index (χ2v) is 6.89. The lowest BCUT2D eigenvalue weighted by atomic mass is 10.1. The normalized spacial score (nSPS) is 13.0. The SMILES string of the molecule is CC(C)(C)N=[N+]([O-])c1c(Br)cc(Br)cc1Br. The van der Waals surface area contributed by atoms with Gasteiger partial charge in [0.2, 0.25) is 0 Å². The van der Waals surface area contributed by atoms with Gasteiger partial charge in [-0.05, 0) is 69.9 Å². The zero-order chi connectivity index (χ0) is 12.5. The van der Waals surface area contributed by atoms with Crippen molar-refractivity contribution < 1.29 is 4.86 Å². The maximum atomic E-state index is 11.9. The second kappa shape index (κ2) is 5.14. The van der Waals surface area contributed by atoms with Gasteiger partial charge >= 0.3 is 0 Å². The average molecular weight is 415 g/mol. The minimum absolute atomic E-state index is 0.409. The Kier molecular flexibility index (Phi) is 4.54. The van der Waals surface area contributed by atoms with E-state index < -0.39 is 5.54 Å². The third kappa shape index (κ3) is 3.82. The summed E-state index contributed by atoms with van der Waals surface area (Å²) in [6.45, 7) is 5.62. The topological polar surface area (TPSA) is 38.4 Å². The van der Waals surface area contributed by atoms with Crippen LogP contribution in [0.2, 0.25) is 0 Å². The average Bonchev–Trinajstić information content (AvgIpc) is 1.96. The van der Waals surface area contributed by atoms with Crippen LogP contribution >= 0.6 is 47.8 Å². The molecule has 0 unspecified atom stereocenters. The standard InChI is InChI=1S/C10H11Br3N2O/c1-10(2,3)14-15(16)9-7(12)4-6(11)5-8(9)13/h4-5H,1-3H3. The van der Waals surface area contributed by atoms with Crippen molar-refractivity contribution in [1.29, 1.82) is 0 Å². The van der Waals surface area contributed by atoms with Crippen LogP contribution in [0.15, 0.2) is 30.7 Å². The number of hydrogen-bond donors (Lipinski definition) is 0. The van der Waals surface area contributed by atoms with E-state index in [0.717, 1.165) is 4.47 Å². The highest BCUT2D eigenvalue weighted by atomic mass is 79.9. The Morgan fingerprint density at radius 2 is 1.56 bits per heavy atom. The Balaban J connectivity index is 3.29. The van der Waals surface area contributed by atoms with Gasteiger partial charge in [-0.1, -0.05) is 20.8 Å². The van der Waals surface area contributed by atoms with Crippen LogP contribution in [0.25, 0.3) is 0 Å². The van der Waals surface area contributed by atoms with Gasteiger partial charge in [0.1, 0.15) is 5.54 Å². The zero-order valence-electron chi connectivity index (χ0n) is 9.09. The minimum Gasteiger partial charge on any atom is -0.594 e. The van der Waals surface area contributed by atoms with Crippen LogP contribution < -0.4 is 0 Å². The Morgan fingerprint density at radius 3 is 1.94 bits per heavy atom. The van der Waals surface area contributed by atoms with Gasteiger partial charge in [-0.3, -0.25) is 0 Å². The van der Waals surface area contributed by atoms with Gasteiger partial charge in [0.25, 0.3) is 5.69 Å². The fourth-order valence-corrected chi connectivity index (χ4v) is 3.60. The number of rotatable bonds is 1. The van der Waals surface area contributed by atoms with E-state index in [1.54, 1.807) is 0 Å². The summed E-state index contributed by atoms with van der Waals surface area (Å²) in [4.78, 5) is 0.639. The molecule has 1 aromatic rings. The van der Waals surface area contributed by atoms with E-state index in [1.165, 1.54) is 0 Å². The molecule has 0 N–H and O–H groups in total. The van der Waals surface area contributed by atoms with Crippen molar-refractivity contribution in [2.24, 2.45) is 5.11 Å². The fraction of sp³-hybridized carbons (Fsp3) is 0.400. The molecule has 0 heterocycles. The number of benzene rings is 1. The summed E-state index contributed by atoms with van der Waals surface area (Å²) in [5.74, 6) is 0. The van der Waals surface area contributed by atoms with E-state index in [2.05, 4.69) is 52.9 Å². The first kappa shape index (κ1) is 14.1. The molecular formula is C10H11Br3N2O. The van der Waals surface area contributed by atoms with E-state index >= 15 is 0 Å². The molecule has 0 aliphatic carbocycles. The van der Waals surface area contributed by atoms with Crippen LogP contribution in [0.5, 0.6) is 0 Å². The van der Waals surface area contributed by atoms with Gasteiger partial charge < -0.3 is 5.21 Å². The van der Waals surface area contributed by atoms with Crippen LogP contribution in [-0.4, -0.2) is 10.4 Å². The predicted octanol–water partition coefficient (Wildman–Crippen LogP) is 5.37. The molecule has 0 aliphatic heterocycles. The second-order valence-electron chi connectivity index (χ2n) is 4.26. The lowest BCUT2D eigenvalue weighted by Crippen LogP contribution is -2.13. The Labute approximate surface area is 120 Å². The van der Waals surface area contributed by atoms with Crippen LogP contribution in [0.4, 0.5) is 5.69 Å². The summed E-state index contributed by atoms with van der Waals surface area (Å²) >= 11 is 10.0. The molecule has 0 amide bonds. The zero-order valence-corrected chi connectivity index (χ0v) is 13.8. The lowest BCUT2D eigenvalue weighted by Gasteiger charge is -2.11. The molecule has 1 rings (SSSR count). The van der Waals surface area contributed by atoms with Gasteiger partial charge in [0.05, 0.1) is 8.95 Å². The molecule has 6 heteroatoms. The van der Waals surface area contributed by atoms with E-state index in [4.69, 9.17) is 0 Å². The largest absolute Gasteiger partial charge is 0.594 e. The molecule has 0 atom stereocenters. The van der Waals surface area contributed by atoms with Crippen molar-refractivity contribution in [3.63, 3.8) is 0 Å². The molecule has 88 valence electrons. The first-order valence-corrected chi connectivity index (χ1v) is 6.93. The number of azo groups is 1. The molecule has 1 aromatic carbocycles. The summed E-state index contributed by atoms with van der Waals surface area (Å²) < 4.78 is 2.27. The summed E-state index contributed by atoms with van der Waals surface area (Å²) in [5, 5.41) is 15.9. The van der Waals surface area contributed by atoms with Crippen molar-refractivity contribution in [3.8, 4) is 0 Å². The van der Waals surface area contributed by atoms with E-state index in [1.807, 2.05) is 32.9 Å². The van der Waals surface area contributed by atoms with Crippen molar-refractivity contribution in [1.82, 2.24) is 0 Å².